The lowest BCUT2D eigenvalue weighted by atomic mass is 10.1. The Hall–Kier alpha value is -2.03. The quantitative estimate of drug-likeness (QED) is 0.0290. The van der Waals surface area contributed by atoms with Gasteiger partial charge in [-0.3, -0.25) is 18.6 Å². The van der Waals surface area contributed by atoms with Crippen LogP contribution in [0.4, 0.5) is 0 Å². The van der Waals surface area contributed by atoms with Gasteiger partial charge in [0.25, 0.3) is 0 Å². The molecular weight excluding hydrogens is 665 g/mol. The number of carbonyl (C=O) groups is 2. The number of ether oxygens (including phenoxy) is 2. The Kier molecular flexibility index (Phi) is 34.9. The Morgan fingerprint density at radius 1 is 0.627 bits per heavy atom. The molecule has 0 aliphatic carbocycles. The van der Waals surface area contributed by atoms with E-state index < -0.39 is 32.5 Å². The van der Waals surface area contributed by atoms with Crippen LogP contribution in [0.1, 0.15) is 155 Å². The molecule has 0 aromatic heterocycles. The lowest BCUT2D eigenvalue weighted by Crippen LogP contribution is -2.29. The molecule has 296 valence electrons. The fourth-order valence-electron chi connectivity index (χ4n) is 5.09. The van der Waals surface area contributed by atoms with Gasteiger partial charge in [0.1, 0.15) is 6.61 Å². The van der Waals surface area contributed by atoms with E-state index in [0.29, 0.717) is 19.4 Å². The topological polar surface area (TPSA) is 112 Å². The number of likely N-dealkylation sites (N-methyl/N-ethyl adjacent to an activating group) is 1. The average Bonchev–Trinajstić information content (AvgIpc) is 3.09. The van der Waals surface area contributed by atoms with Crippen LogP contribution in [-0.4, -0.2) is 68.3 Å². The van der Waals surface area contributed by atoms with Gasteiger partial charge in [0.15, 0.2) is 6.10 Å². The number of rotatable bonds is 36. The number of phosphoric acid groups is 1. The van der Waals surface area contributed by atoms with Crippen LogP contribution in [-0.2, 0) is 32.7 Å². The van der Waals surface area contributed by atoms with Crippen molar-refractivity contribution >= 4 is 19.8 Å². The second-order valence-electron chi connectivity index (χ2n) is 13.4. The molecule has 0 saturated carbocycles. The molecule has 0 rings (SSSR count). The highest BCUT2D eigenvalue weighted by Gasteiger charge is 2.26. The van der Waals surface area contributed by atoms with E-state index in [0.717, 1.165) is 64.2 Å². The molecule has 0 aliphatic heterocycles. The van der Waals surface area contributed by atoms with E-state index in [9.17, 15) is 19.0 Å². The van der Waals surface area contributed by atoms with Crippen LogP contribution in [0.15, 0.2) is 48.6 Å². The molecule has 0 spiro atoms. The van der Waals surface area contributed by atoms with Crippen LogP contribution < -0.4 is 0 Å². The SMILES string of the molecule is CC/C=C\C/C=C\C/C=C\C/C=C\CCCCCCC(=O)OCC(COP(=O)(O)OCCN(C)C)OC(=O)CCCCCCCCCCCCC. The van der Waals surface area contributed by atoms with E-state index >= 15 is 0 Å². The highest BCUT2D eigenvalue weighted by molar-refractivity contribution is 7.47. The lowest BCUT2D eigenvalue weighted by molar-refractivity contribution is -0.161. The third kappa shape index (κ3) is 37.5. The normalized spacial score (nSPS) is 14.0. The fraction of sp³-hybridized carbons (Fsp3) is 0.756. The van der Waals surface area contributed by atoms with Gasteiger partial charge in [0, 0.05) is 19.4 Å². The van der Waals surface area contributed by atoms with Crippen LogP contribution in [0.25, 0.3) is 0 Å². The van der Waals surface area contributed by atoms with Gasteiger partial charge in [-0.05, 0) is 65.5 Å². The minimum atomic E-state index is -4.36. The zero-order valence-electron chi connectivity index (χ0n) is 32.8. The molecule has 0 saturated heterocycles. The molecule has 0 aliphatic rings. The molecule has 1 N–H and O–H groups in total. The van der Waals surface area contributed by atoms with Gasteiger partial charge in [-0.15, -0.1) is 0 Å². The van der Waals surface area contributed by atoms with Gasteiger partial charge in [0.05, 0.1) is 13.2 Å². The smallest absolute Gasteiger partial charge is 0.462 e. The zero-order valence-corrected chi connectivity index (χ0v) is 33.7. The Morgan fingerprint density at radius 3 is 1.67 bits per heavy atom. The maximum atomic E-state index is 12.6. The lowest BCUT2D eigenvalue weighted by Gasteiger charge is -2.20. The van der Waals surface area contributed by atoms with Gasteiger partial charge in [-0.1, -0.05) is 140 Å². The first-order chi connectivity index (χ1) is 24.7. The van der Waals surface area contributed by atoms with Crippen molar-refractivity contribution in [3.05, 3.63) is 48.6 Å². The van der Waals surface area contributed by atoms with E-state index in [1.807, 2.05) is 19.0 Å². The molecule has 0 aromatic carbocycles. The highest BCUT2D eigenvalue weighted by Crippen LogP contribution is 2.43. The fourth-order valence-corrected chi connectivity index (χ4v) is 5.83. The number of allylic oxidation sites excluding steroid dienone is 8. The van der Waals surface area contributed by atoms with Gasteiger partial charge < -0.3 is 19.3 Å². The van der Waals surface area contributed by atoms with Crippen molar-refractivity contribution in [2.45, 2.75) is 161 Å². The second-order valence-corrected chi connectivity index (χ2v) is 14.9. The summed E-state index contributed by atoms with van der Waals surface area (Å²) in [6, 6.07) is 0. The highest BCUT2D eigenvalue weighted by atomic mass is 31.2. The largest absolute Gasteiger partial charge is 0.472 e. The average molecular weight is 740 g/mol. The van der Waals surface area contributed by atoms with Crippen molar-refractivity contribution in [3.8, 4) is 0 Å². The summed E-state index contributed by atoms with van der Waals surface area (Å²) in [5.41, 5.74) is 0. The second kappa shape index (κ2) is 36.3. The summed E-state index contributed by atoms with van der Waals surface area (Å²) in [7, 11) is -0.724. The van der Waals surface area contributed by atoms with Crippen LogP contribution >= 0.6 is 7.82 Å². The summed E-state index contributed by atoms with van der Waals surface area (Å²) in [5, 5.41) is 0. The number of phosphoric ester groups is 1. The molecule has 9 nitrogen and oxygen atoms in total. The first-order valence-electron chi connectivity index (χ1n) is 19.9. The summed E-state index contributed by atoms with van der Waals surface area (Å²) in [6.07, 6.45) is 38.7. The van der Waals surface area contributed by atoms with E-state index in [-0.39, 0.29) is 26.1 Å². The summed E-state index contributed by atoms with van der Waals surface area (Å²) in [4.78, 5) is 36.9. The summed E-state index contributed by atoms with van der Waals surface area (Å²) in [5.74, 6) is -0.833. The van der Waals surface area contributed by atoms with E-state index in [1.54, 1.807) is 0 Å². The Labute approximate surface area is 311 Å². The Balaban J connectivity index is 4.37. The van der Waals surface area contributed by atoms with Gasteiger partial charge in [-0.25, -0.2) is 4.57 Å². The van der Waals surface area contributed by atoms with Crippen LogP contribution in [0, 0.1) is 0 Å². The van der Waals surface area contributed by atoms with E-state index in [1.165, 1.54) is 51.4 Å². The van der Waals surface area contributed by atoms with Gasteiger partial charge >= 0.3 is 19.8 Å². The minimum Gasteiger partial charge on any atom is -0.462 e. The predicted molar refractivity (Wildman–Crippen MR) is 211 cm³/mol. The Morgan fingerprint density at radius 2 is 1.12 bits per heavy atom. The Bertz CT molecular complexity index is 994. The molecular formula is C41H74NO8P. The first kappa shape index (κ1) is 49.0. The van der Waals surface area contributed by atoms with Crippen molar-refractivity contribution in [1.82, 2.24) is 4.90 Å². The van der Waals surface area contributed by atoms with E-state index in [4.69, 9.17) is 18.5 Å². The molecule has 0 aromatic rings. The molecule has 0 heterocycles. The summed E-state index contributed by atoms with van der Waals surface area (Å²) >= 11 is 0. The maximum absolute atomic E-state index is 12.6. The number of nitrogens with zero attached hydrogens (tertiary/aromatic N) is 1. The first-order valence-corrected chi connectivity index (χ1v) is 21.4. The van der Waals surface area contributed by atoms with E-state index in [2.05, 4.69) is 62.5 Å². The number of hydrogen-bond donors (Lipinski definition) is 1. The molecule has 2 unspecified atom stereocenters. The number of unbranched alkanes of at least 4 members (excludes halogenated alkanes) is 14. The van der Waals surface area contributed by atoms with Crippen molar-refractivity contribution in [2.24, 2.45) is 0 Å². The van der Waals surface area contributed by atoms with Crippen molar-refractivity contribution in [1.29, 1.82) is 0 Å². The molecule has 0 fully saturated rings. The molecule has 2 atom stereocenters. The number of esters is 2. The standard InChI is InChI=1S/C41H74NO8P/c1-5-7-9-11-13-15-17-18-19-20-21-22-24-25-27-29-31-33-40(43)47-37-39(38-49-51(45,46)48-36-35-42(3)4)50-41(44)34-32-30-28-26-23-16-14-12-10-8-6-2/h7,9,13,15,18-19,21-22,39H,5-6,8,10-12,14,16-17,20,23-38H2,1-4H3,(H,45,46)/b9-7-,15-13-,19-18-,22-21-. The minimum absolute atomic E-state index is 0.00250. The third-order valence-electron chi connectivity index (χ3n) is 8.15. The molecule has 0 bridgehead atoms. The molecule has 0 radical (unpaired) electrons. The van der Waals surface area contributed by atoms with Crippen LogP contribution in [0.5, 0.6) is 0 Å². The number of hydrogen-bond acceptors (Lipinski definition) is 8. The van der Waals surface area contributed by atoms with Crippen LogP contribution in [0.2, 0.25) is 0 Å². The monoisotopic (exact) mass is 740 g/mol. The van der Waals surface area contributed by atoms with Crippen molar-refractivity contribution in [2.75, 3.05) is 40.5 Å². The summed E-state index contributed by atoms with van der Waals surface area (Å²) < 4.78 is 33.3. The third-order valence-corrected chi connectivity index (χ3v) is 9.13. The molecule has 51 heavy (non-hydrogen) atoms. The predicted octanol–water partition coefficient (Wildman–Crippen LogP) is 11.0. The zero-order chi connectivity index (χ0) is 37.7. The van der Waals surface area contributed by atoms with Crippen molar-refractivity contribution in [3.63, 3.8) is 0 Å². The van der Waals surface area contributed by atoms with Gasteiger partial charge in [0.2, 0.25) is 0 Å². The number of carbonyl (C=O) groups excluding carboxylic acids is 2. The van der Waals surface area contributed by atoms with Gasteiger partial charge in [-0.2, -0.15) is 0 Å². The molecule has 0 amide bonds. The van der Waals surface area contributed by atoms with Crippen molar-refractivity contribution < 1.29 is 37.6 Å². The molecule has 10 heteroatoms. The van der Waals surface area contributed by atoms with Crippen LogP contribution in [0.3, 0.4) is 0 Å². The summed E-state index contributed by atoms with van der Waals surface area (Å²) in [6.45, 7) is 4.16. The maximum Gasteiger partial charge on any atom is 0.472 e.